The summed E-state index contributed by atoms with van der Waals surface area (Å²) in [5.74, 6) is -2.81. The van der Waals surface area contributed by atoms with Gasteiger partial charge in [0, 0.05) is 12.6 Å². The van der Waals surface area contributed by atoms with Crippen LogP contribution in [0.3, 0.4) is 0 Å². The van der Waals surface area contributed by atoms with Crippen LogP contribution in [0.4, 0.5) is 24.5 Å². The normalized spacial score (nSPS) is 14.2. The molecule has 0 saturated heterocycles. The van der Waals surface area contributed by atoms with Gasteiger partial charge in [-0.15, -0.1) is 0 Å². The van der Waals surface area contributed by atoms with Crippen molar-refractivity contribution in [3.8, 4) is 0 Å². The average molecular weight is 325 g/mol. The third-order valence-corrected chi connectivity index (χ3v) is 2.88. The van der Waals surface area contributed by atoms with Gasteiger partial charge in [-0.1, -0.05) is 11.6 Å². The Kier molecular flexibility index (Phi) is 4.72. The molecular weight excluding hydrogens is 313 g/mol. The Morgan fingerprint density at radius 1 is 1.33 bits per heavy atom. The molecule has 1 amide bonds. The van der Waals surface area contributed by atoms with Gasteiger partial charge < -0.3 is 15.8 Å². The van der Waals surface area contributed by atoms with Gasteiger partial charge in [-0.2, -0.15) is 13.2 Å². The Hall–Kier alpha value is -1.96. The summed E-state index contributed by atoms with van der Waals surface area (Å²) in [6, 6.07) is 3.84. The number of ether oxygens (including phenoxy) is 1. The maximum atomic E-state index is 13.0. The second-order valence-electron chi connectivity index (χ2n) is 4.32. The van der Waals surface area contributed by atoms with Crippen molar-refractivity contribution in [1.29, 1.82) is 0 Å². The molecule has 1 rings (SSSR count). The van der Waals surface area contributed by atoms with Crippen LogP contribution in [-0.2, 0) is 14.3 Å². The maximum Gasteiger partial charge on any atom is 0.437 e. The number of nitrogen functional groups attached to an aromatic ring is 1. The van der Waals surface area contributed by atoms with Crippen molar-refractivity contribution < 1.29 is 27.5 Å². The van der Waals surface area contributed by atoms with E-state index < -0.39 is 23.7 Å². The van der Waals surface area contributed by atoms with Crippen molar-refractivity contribution in [2.45, 2.75) is 25.6 Å². The Balaban J connectivity index is 3.10. The summed E-state index contributed by atoms with van der Waals surface area (Å²) in [6.45, 7) is 1.22. The summed E-state index contributed by atoms with van der Waals surface area (Å²) in [4.78, 5) is 22.7. The zero-order valence-electron chi connectivity index (χ0n) is 11.0. The van der Waals surface area contributed by atoms with Crippen LogP contribution >= 0.6 is 11.6 Å². The topological polar surface area (TPSA) is 81.4 Å². The summed E-state index contributed by atoms with van der Waals surface area (Å²) < 4.78 is 43.1. The molecule has 21 heavy (non-hydrogen) atoms. The van der Waals surface area contributed by atoms with Gasteiger partial charge in [0.1, 0.15) is 0 Å². The van der Waals surface area contributed by atoms with E-state index in [0.29, 0.717) is 6.92 Å². The molecule has 5 nitrogen and oxygen atoms in total. The lowest BCUT2D eigenvalue weighted by atomic mass is 10.0. The molecule has 0 spiro atoms. The minimum atomic E-state index is -5.09. The van der Waals surface area contributed by atoms with Crippen LogP contribution in [0, 0.1) is 0 Å². The largest absolute Gasteiger partial charge is 0.439 e. The van der Waals surface area contributed by atoms with Crippen molar-refractivity contribution >= 4 is 34.9 Å². The molecule has 0 radical (unpaired) electrons. The molecule has 0 unspecified atom stereocenters. The van der Waals surface area contributed by atoms with Gasteiger partial charge in [-0.05, 0) is 25.1 Å². The maximum absolute atomic E-state index is 13.0. The minimum absolute atomic E-state index is 0.0456. The third-order valence-electron chi connectivity index (χ3n) is 2.56. The highest BCUT2D eigenvalue weighted by Gasteiger charge is 2.60. The van der Waals surface area contributed by atoms with Crippen molar-refractivity contribution in [2.75, 3.05) is 11.1 Å². The molecule has 0 heterocycles. The van der Waals surface area contributed by atoms with E-state index in [4.69, 9.17) is 17.3 Å². The molecule has 3 N–H and O–H groups in total. The van der Waals surface area contributed by atoms with Gasteiger partial charge >= 0.3 is 12.1 Å². The van der Waals surface area contributed by atoms with Crippen LogP contribution in [0.1, 0.15) is 13.8 Å². The smallest absolute Gasteiger partial charge is 0.437 e. The van der Waals surface area contributed by atoms with E-state index in [-0.39, 0.29) is 16.4 Å². The fourth-order valence-electron chi connectivity index (χ4n) is 1.39. The third kappa shape index (κ3) is 3.78. The fraction of sp³-hybridized carbons (Fsp3) is 0.333. The van der Waals surface area contributed by atoms with E-state index >= 15 is 0 Å². The monoisotopic (exact) mass is 324 g/mol. The number of nitrogens with one attached hydrogen (secondary N) is 1. The first-order valence-electron chi connectivity index (χ1n) is 5.60. The summed E-state index contributed by atoms with van der Waals surface area (Å²) >= 11 is 5.76. The van der Waals surface area contributed by atoms with Crippen molar-refractivity contribution in [2.24, 2.45) is 0 Å². The summed E-state index contributed by atoms with van der Waals surface area (Å²) in [7, 11) is 0. The molecule has 1 atom stereocenters. The highest BCUT2D eigenvalue weighted by atomic mass is 35.5. The predicted molar refractivity (Wildman–Crippen MR) is 70.7 cm³/mol. The van der Waals surface area contributed by atoms with Crippen molar-refractivity contribution in [1.82, 2.24) is 0 Å². The van der Waals surface area contributed by atoms with Gasteiger partial charge in [0.15, 0.2) is 0 Å². The highest BCUT2D eigenvalue weighted by molar-refractivity contribution is 6.34. The quantitative estimate of drug-likeness (QED) is 0.661. The fourth-order valence-corrected chi connectivity index (χ4v) is 1.63. The molecule has 0 aromatic heterocycles. The van der Waals surface area contributed by atoms with Gasteiger partial charge in [0.25, 0.3) is 11.5 Å². The number of halogens is 4. The summed E-state index contributed by atoms with van der Waals surface area (Å²) in [5, 5.41) is 1.92. The summed E-state index contributed by atoms with van der Waals surface area (Å²) in [5.41, 5.74) is 2.29. The number of hydrogen-bond donors (Lipinski definition) is 2. The Bertz CT molecular complexity index is 577. The molecule has 0 fully saturated rings. The minimum Gasteiger partial charge on any atom is -0.439 e. The lowest BCUT2D eigenvalue weighted by molar-refractivity contribution is -0.253. The van der Waals surface area contributed by atoms with E-state index in [1.807, 2.05) is 5.32 Å². The number of carbonyl (C=O) groups is 2. The summed E-state index contributed by atoms with van der Waals surface area (Å²) in [6.07, 6.45) is -5.09. The van der Waals surface area contributed by atoms with E-state index in [1.165, 1.54) is 18.2 Å². The zero-order chi connectivity index (χ0) is 16.4. The van der Waals surface area contributed by atoms with Crippen molar-refractivity contribution in [3.05, 3.63) is 23.2 Å². The predicted octanol–water partition coefficient (Wildman–Crippen LogP) is 2.74. The lowest BCUT2D eigenvalue weighted by Crippen LogP contribution is -2.55. The van der Waals surface area contributed by atoms with E-state index in [0.717, 1.165) is 6.92 Å². The van der Waals surface area contributed by atoms with E-state index in [9.17, 15) is 22.8 Å². The number of rotatable bonds is 3. The molecule has 1 aromatic rings. The average Bonchev–Trinajstić information content (AvgIpc) is 2.30. The van der Waals surface area contributed by atoms with Crippen LogP contribution in [0.25, 0.3) is 0 Å². The number of anilines is 2. The van der Waals surface area contributed by atoms with Crippen LogP contribution in [0.15, 0.2) is 18.2 Å². The van der Waals surface area contributed by atoms with E-state index in [1.54, 1.807) is 0 Å². The van der Waals surface area contributed by atoms with Gasteiger partial charge in [-0.3, -0.25) is 9.59 Å². The van der Waals surface area contributed by atoms with E-state index in [2.05, 4.69) is 4.74 Å². The standard InChI is InChI=1S/C12H12ClF3N2O3/c1-6(19)21-11(2,12(14,15)16)10(20)18-9-4-3-7(17)5-8(9)13/h3-5H,17H2,1-2H3,(H,18,20)/t11-/m1/s1. The number of esters is 1. The molecule has 116 valence electrons. The molecule has 0 aliphatic rings. The second kappa shape index (κ2) is 5.80. The molecule has 0 bridgehead atoms. The van der Waals surface area contributed by atoms with Gasteiger partial charge in [0.05, 0.1) is 10.7 Å². The Labute approximate surface area is 123 Å². The number of alkyl halides is 3. The first-order chi connectivity index (χ1) is 9.47. The van der Waals surface area contributed by atoms with Gasteiger partial charge in [0.2, 0.25) is 0 Å². The lowest BCUT2D eigenvalue weighted by Gasteiger charge is -2.29. The molecule has 9 heteroatoms. The van der Waals surface area contributed by atoms with Crippen molar-refractivity contribution in [3.63, 3.8) is 0 Å². The van der Waals surface area contributed by atoms with Crippen LogP contribution in [0.2, 0.25) is 5.02 Å². The highest BCUT2D eigenvalue weighted by Crippen LogP contribution is 2.35. The number of benzene rings is 1. The number of hydrogen-bond acceptors (Lipinski definition) is 4. The number of nitrogens with two attached hydrogens (primary N) is 1. The first-order valence-corrected chi connectivity index (χ1v) is 5.98. The molecule has 0 saturated carbocycles. The zero-order valence-corrected chi connectivity index (χ0v) is 11.8. The molecule has 1 aromatic carbocycles. The number of carbonyl (C=O) groups excluding carboxylic acids is 2. The number of amides is 1. The van der Waals surface area contributed by atoms with Crippen LogP contribution in [0.5, 0.6) is 0 Å². The van der Waals surface area contributed by atoms with Crippen LogP contribution < -0.4 is 11.1 Å². The first kappa shape index (κ1) is 17.1. The Morgan fingerprint density at radius 2 is 1.90 bits per heavy atom. The molecular formula is C12H12ClF3N2O3. The van der Waals surface area contributed by atoms with Gasteiger partial charge in [-0.25, -0.2) is 0 Å². The molecule has 0 aliphatic carbocycles. The van der Waals surface area contributed by atoms with Crippen LogP contribution in [-0.4, -0.2) is 23.7 Å². The SMILES string of the molecule is CC(=O)O[C@](C)(C(=O)Nc1ccc(N)cc1Cl)C(F)(F)F. The second-order valence-corrected chi connectivity index (χ2v) is 4.73. The molecule has 0 aliphatic heterocycles. The Morgan fingerprint density at radius 3 is 2.33 bits per heavy atom.